The SMILES string of the molecule is CC(C)C(NS(=O)(=O)c1cccnc1Cl)c1cccs1. The van der Waals surface area contributed by atoms with Gasteiger partial charge in [0.15, 0.2) is 0 Å². The summed E-state index contributed by atoms with van der Waals surface area (Å²) in [5.41, 5.74) is 0. The van der Waals surface area contributed by atoms with Crippen molar-refractivity contribution in [1.82, 2.24) is 9.71 Å². The molecule has 0 saturated carbocycles. The van der Waals surface area contributed by atoms with Crippen LogP contribution in [0.3, 0.4) is 0 Å². The van der Waals surface area contributed by atoms with Crippen LogP contribution in [0.25, 0.3) is 0 Å². The zero-order valence-electron chi connectivity index (χ0n) is 11.1. The zero-order chi connectivity index (χ0) is 14.8. The number of hydrogen-bond acceptors (Lipinski definition) is 4. The fourth-order valence-corrected chi connectivity index (χ4v) is 4.63. The first-order valence-corrected chi connectivity index (χ1v) is 8.82. The molecule has 0 aliphatic rings. The predicted octanol–water partition coefficient (Wildman–Crippen LogP) is 3.47. The van der Waals surface area contributed by atoms with E-state index in [1.807, 2.05) is 31.4 Å². The maximum Gasteiger partial charge on any atom is 0.244 e. The summed E-state index contributed by atoms with van der Waals surface area (Å²) in [6.07, 6.45) is 1.46. The number of aromatic nitrogens is 1. The van der Waals surface area contributed by atoms with E-state index in [-0.39, 0.29) is 22.0 Å². The van der Waals surface area contributed by atoms with Crippen molar-refractivity contribution in [3.63, 3.8) is 0 Å². The van der Waals surface area contributed by atoms with E-state index in [4.69, 9.17) is 11.6 Å². The smallest absolute Gasteiger partial charge is 0.243 e. The highest BCUT2D eigenvalue weighted by Gasteiger charge is 2.26. The molecule has 1 unspecified atom stereocenters. The fourth-order valence-electron chi connectivity index (χ4n) is 1.79. The number of nitrogens with zero attached hydrogens (tertiary/aromatic N) is 1. The molecule has 1 atom stereocenters. The minimum atomic E-state index is -3.70. The van der Waals surface area contributed by atoms with Crippen molar-refractivity contribution in [2.75, 3.05) is 0 Å². The molecule has 108 valence electrons. The molecule has 2 heterocycles. The highest BCUT2D eigenvalue weighted by molar-refractivity contribution is 7.89. The van der Waals surface area contributed by atoms with Crippen molar-refractivity contribution in [1.29, 1.82) is 0 Å². The number of nitrogens with one attached hydrogen (secondary N) is 1. The summed E-state index contributed by atoms with van der Waals surface area (Å²) >= 11 is 7.39. The molecule has 4 nitrogen and oxygen atoms in total. The summed E-state index contributed by atoms with van der Waals surface area (Å²) in [6.45, 7) is 3.94. The maximum absolute atomic E-state index is 12.4. The summed E-state index contributed by atoms with van der Waals surface area (Å²) in [4.78, 5) is 4.79. The Morgan fingerprint density at radius 2 is 2.05 bits per heavy atom. The predicted molar refractivity (Wildman–Crippen MR) is 81.5 cm³/mol. The van der Waals surface area contributed by atoms with Crippen LogP contribution in [0, 0.1) is 5.92 Å². The molecule has 0 aliphatic heterocycles. The molecule has 0 saturated heterocycles. The number of halogens is 1. The second-order valence-corrected chi connectivity index (χ2v) is 7.67. The number of thiophene rings is 1. The summed E-state index contributed by atoms with van der Waals surface area (Å²) in [6, 6.07) is 6.54. The molecule has 0 amide bonds. The van der Waals surface area contributed by atoms with Crippen LogP contribution in [0.15, 0.2) is 40.7 Å². The molecule has 0 fully saturated rings. The quantitative estimate of drug-likeness (QED) is 0.854. The third-order valence-electron chi connectivity index (χ3n) is 2.81. The van der Waals surface area contributed by atoms with E-state index in [0.717, 1.165) is 4.88 Å². The lowest BCUT2D eigenvalue weighted by Crippen LogP contribution is -2.31. The molecule has 0 aromatic carbocycles. The number of sulfonamides is 1. The Bertz CT molecular complexity index is 669. The van der Waals surface area contributed by atoms with E-state index >= 15 is 0 Å². The Balaban J connectivity index is 2.34. The standard InChI is InChI=1S/C13H15ClN2O2S2/c1-9(2)12(10-5-4-8-19-10)16-20(17,18)11-6-3-7-15-13(11)14/h3-9,12,16H,1-2H3. The highest BCUT2D eigenvalue weighted by Crippen LogP contribution is 2.28. The van der Waals surface area contributed by atoms with Gasteiger partial charge in [0.05, 0.1) is 6.04 Å². The molecule has 0 spiro atoms. The molecule has 2 aromatic rings. The van der Waals surface area contributed by atoms with Crippen molar-refractivity contribution in [2.24, 2.45) is 5.92 Å². The van der Waals surface area contributed by atoms with Gasteiger partial charge in [-0.2, -0.15) is 0 Å². The van der Waals surface area contributed by atoms with Gasteiger partial charge in [-0.25, -0.2) is 18.1 Å². The first-order chi connectivity index (χ1) is 9.42. The van der Waals surface area contributed by atoms with Crippen LogP contribution in [0.4, 0.5) is 0 Å². The molecule has 0 bridgehead atoms. The van der Waals surface area contributed by atoms with Gasteiger partial charge in [0.1, 0.15) is 10.0 Å². The van der Waals surface area contributed by atoms with Gasteiger partial charge in [-0.3, -0.25) is 0 Å². The Hall–Kier alpha value is -0.950. The Kier molecular flexibility index (Phi) is 4.80. The van der Waals surface area contributed by atoms with Crippen LogP contribution >= 0.6 is 22.9 Å². The van der Waals surface area contributed by atoms with Crippen LogP contribution in [0.2, 0.25) is 5.15 Å². The van der Waals surface area contributed by atoms with E-state index in [9.17, 15) is 8.42 Å². The van der Waals surface area contributed by atoms with Crippen molar-refractivity contribution in [2.45, 2.75) is 24.8 Å². The maximum atomic E-state index is 12.4. The Morgan fingerprint density at radius 3 is 2.60 bits per heavy atom. The third-order valence-corrected chi connectivity index (χ3v) is 5.65. The molecule has 7 heteroatoms. The summed E-state index contributed by atoms with van der Waals surface area (Å²) in [5.74, 6) is 0.124. The van der Waals surface area contributed by atoms with Crippen LogP contribution in [-0.4, -0.2) is 13.4 Å². The van der Waals surface area contributed by atoms with E-state index in [1.54, 1.807) is 6.07 Å². The van der Waals surface area contributed by atoms with E-state index in [1.165, 1.54) is 23.6 Å². The van der Waals surface area contributed by atoms with Gasteiger partial charge in [0, 0.05) is 11.1 Å². The van der Waals surface area contributed by atoms with Crippen molar-refractivity contribution in [3.05, 3.63) is 45.9 Å². The number of rotatable bonds is 5. The van der Waals surface area contributed by atoms with Crippen molar-refractivity contribution in [3.8, 4) is 0 Å². The van der Waals surface area contributed by atoms with Gasteiger partial charge in [-0.15, -0.1) is 11.3 Å². The Morgan fingerprint density at radius 1 is 1.30 bits per heavy atom. The molecule has 2 rings (SSSR count). The van der Waals surface area contributed by atoms with Gasteiger partial charge >= 0.3 is 0 Å². The lowest BCUT2D eigenvalue weighted by Gasteiger charge is -2.21. The largest absolute Gasteiger partial charge is 0.244 e. The second kappa shape index (κ2) is 6.22. The van der Waals surface area contributed by atoms with Crippen molar-refractivity contribution < 1.29 is 8.42 Å². The molecule has 2 aromatic heterocycles. The van der Waals surface area contributed by atoms with E-state index in [2.05, 4.69) is 9.71 Å². The summed E-state index contributed by atoms with van der Waals surface area (Å²) < 4.78 is 27.6. The lowest BCUT2D eigenvalue weighted by molar-refractivity contribution is 0.469. The Labute approximate surface area is 127 Å². The van der Waals surface area contributed by atoms with Gasteiger partial charge in [0.2, 0.25) is 10.0 Å². The van der Waals surface area contributed by atoms with Crippen LogP contribution in [-0.2, 0) is 10.0 Å². The molecule has 0 aliphatic carbocycles. The molecular formula is C13H15ClN2O2S2. The second-order valence-electron chi connectivity index (χ2n) is 4.65. The van der Waals surface area contributed by atoms with Crippen LogP contribution in [0.1, 0.15) is 24.8 Å². The minimum Gasteiger partial charge on any atom is -0.243 e. The molecular weight excluding hydrogens is 316 g/mol. The molecule has 20 heavy (non-hydrogen) atoms. The summed E-state index contributed by atoms with van der Waals surface area (Å²) in [7, 11) is -3.70. The normalized spacial score (nSPS) is 13.6. The van der Waals surface area contributed by atoms with Crippen LogP contribution < -0.4 is 4.72 Å². The average Bonchev–Trinajstić information content (AvgIpc) is 2.89. The number of pyridine rings is 1. The molecule has 0 radical (unpaired) electrons. The monoisotopic (exact) mass is 330 g/mol. The first-order valence-electron chi connectivity index (χ1n) is 6.08. The van der Waals surface area contributed by atoms with E-state index in [0.29, 0.717) is 0 Å². The zero-order valence-corrected chi connectivity index (χ0v) is 13.5. The first kappa shape index (κ1) is 15.4. The topological polar surface area (TPSA) is 59.1 Å². The van der Waals surface area contributed by atoms with Gasteiger partial charge in [0.25, 0.3) is 0 Å². The average molecular weight is 331 g/mol. The van der Waals surface area contributed by atoms with Gasteiger partial charge in [-0.05, 0) is 29.5 Å². The molecule has 1 N–H and O–H groups in total. The number of hydrogen-bond donors (Lipinski definition) is 1. The highest BCUT2D eigenvalue weighted by atomic mass is 35.5. The van der Waals surface area contributed by atoms with Crippen LogP contribution in [0.5, 0.6) is 0 Å². The van der Waals surface area contributed by atoms with E-state index < -0.39 is 10.0 Å². The third kappa shape index (κ3) is 3.38. The van der Waals surface area contributed by atoms with Crippen molar-refractivity contribution >= 4 is 33.0 Å². The van der Waals surface area contributed by atoms with Gasteiger partial charge < -0.3 is 0 Å². The summed E-state index contributed by atoms with van der Waals surface area (Å²) in [5, 5.41) is 1.91. The van der Waals surface area contributed by atoms with Gasteiger partial charge in [-0.1, -0.05) is 31.5 Å². The minimum absolute atomic E-state index is 0.00359. The fraction of sp³-hybridized carbons (Fsp3) is 0.308. The lowest BCUT2D eigenvalue weighted by atomic mass is 10.0.